The summed E-state index contributed by atoms with van der Waals surface area (Å²) in [6.07, 6.45) is 5.76. The van der Waals surface area contributed by atoms with Crippen molar-refractivity contribution in [3.63, 3.8) is 0 Å². The molecule has 0 radical (unpaired) electrons. The van der Waals surface area contributed by atoms with Crippen LogP contribution in [0.15, 0.2) is 16.7 Å². The molecule has 1 aliphatic rings. The number of hydrogen-bond donors (Lipinski definition) is 1. The summed E-state index contributed by atoms with van der Waals surface area (Å²) in [5.41, 5.74) is 0.739. The van der Waals surface area contributed by atoms with E-state index >= 15 is 0 Å². The Morgan fingerprint density at radius 3 is 2.61 bits per heavy atom. The predicted octanol–water partition coefficient (Wildman–Crippen LogP) is 3.75. The Morgan fingerprint density at radius 2 is 2.11 bits per heavy atom. The van der Waals surface area contributed by atoms with Gasteiger partial charge in [0.1, 0.15) is 5.69 Å². The number of amides is 1. The molecule has 1 N–H and O–H groups in total. The average Bonchev–Trinajstić information content (AvgIpc) is 2.57. The Hall–Kier alpha value is -0.770. The van der Waals surface area contributed by atoms with Crippen LogP contribution >= 0.6 is 15.9 Å². The van der Waals surface area contributed by atoms with Crippen LogP contribution in [0.5, 0.6) is 0 Å². The topological polar surface area (TPSA) is 34.0 Å². The summed E-state index contributed by atoms with van der Waals surface area (Å²) in [5.74, 6) is 0.702. The predicted molar refractivity (Wildman–Crippen MR) is 76.8 cm³/mol. The highest BCUT2D eigenvalue weighted by Gasteiger charge is 2.26. The standard InChI is InChI=1S/C14H21BrN2O/c1-9(2)17-8-12(15)7-13(17)14(18)16-10(3)11-5-4-6-11/h7-11H,4-6H2,1-3H3,(H,16,18). The fraction of sp³-hybridized carbons (Fsp3) is 0.643. The third kappa shape index (κ3) is 2.79. The summed E-state index contributed by atoms with van der Waals surface area (Å²) in [7, 11) is 0. The van der Waals surface area contributed by atoms with Gasteiger partial charge in [-0.15, -0.1) is 0 Å². The Labute approximate surface area is 117 Å². The normalized spacial score (nSPS) is 17.6. The molecule has 0 saturated heterocycles. The Bertz CT molecular complexity index is 435. The quantitative estimate of drug-likeness (QED) is 0.902. The van der Waals surface area contributed by atoms with Gasteiger partial charge in [0.05, 0.1) is 0 Å². The summed E-state index contributed by atoms with van der Waals surface area (Å²) >= 11 is 3.44. The maximum absolute atomic E-state index is 12.3. The molecular formula is C14H21BrN2O. The molecular weight excluding hydrogens is 292 g/mol. The first kappa shape index (κ1) is 13.7. The van der Waals surface area contributed by atoms with E-state index in [1.54, 1.807) is 0 Å². The van der Waals surface area contributed by atoms with E-state index in [1.807, 2.05) is 16.8 Å². The Balaban J connectivity index is 2.08. The zero-order valence-electron chi connectivity index (χ0n) is 11.2. The summed E-state index contributed by atoms with van der Waals surface area (Å²) < 4.78 is 2.96. The van der Waals surface area contributed by atoms with Crippen molar-refractivity contribution in [2.45, 2.75) is 52.1 Å². The minimum Gasteiger partial charge on any atom is -0.348 e. The van der Waals surface area contributed by atoms with Crippen LogP contribution in [0, 0.1) is 5.92 Å². The molecule has 1 amide bonds. The lowest BCUT2D eigenvalue weighted by atomic mass is 9.80. The van der Waals surface area contributed by atoms with Crippen LogP contribution in [-0.4, -0.2) is 16.5 Å². The molecule has 2 rings (SSSR count). The largest absolute Gasteiger partial charge is 0.348 e. The molecule has 1 fully saturated rings. The van der Waals surface area contributed by atoms with E-state index in [1.165, 1.54) is 19.3 Å². The van der Waals surface area contributed by atoms with Crippen molar-refractivity contribution in [2.75, 3.05) is 0 Å². The smallest absolute Gasteiger partial charge is 0.268 e. The molecule has 1 atom stereocenters. The van der Waals surface area contributed by atoms with Gasteiger partial charge in [0.25, 0.3) is 5.91 Å². The number of halogens is 1. The Morgan fingerprint density at radius 1 is 1.44 bits per heavy atom. The fourth-order valence-electron chi connectivity index (χ4n) is 2.39. The second kappa shape index (κ2) is 5.47. The molecule has 0 spiro atoms. The van der Waals surface area contributed by atoms with Gasteiger partial charge in [0.15, 0.2) is 0 Å². The van der Waals surface area contributed by atoms with Crippen LogP contribution in [-0.2, 0) is 0 Å². The molecule has 1 aromatic heterocycles. The van der Waals surface area contributed by atoms with Crippen LogP contribution < -0.4 is 5.32 Å². The first-order valence-electron chi connectivity index (χ1n) is 6.67. The van der Waals surface area contributed by atoms with Gasteiger partial charge < -0.3 is 9.88 Å². The van der Waals surface area contributed by atoms with Crippen molar-refractivity contribution in [1.29, 1.82) is 0 Å². The highest BCUT2D eigenvalue weighted by Crippen LogP contribution is 2.29. The zero-order chi connectivity index (χ0) is 13.3. The van der Waals surface area contributed by atoms with E-state index in [-0.39, 0.29) is 18.0 Å². The molecule has 1 heterocycles. The average molecular weight is 313 g/mol. The second-order valence-corrected chi connectivity index (χ2v) is 6.41. The molecule has 0 bridgehead atoms. The van der Waals surface area contributed by atoms with E-state index in [2.05, 4.69) is 42.0 Å². The summed E-state index contributed by atoms with van der Waals surface area (Å²) in [4.78, 5) is 12.3. The van der Waals surface area contributed by atoms with Crippen LogP contribution in [0.3, 0.4) is 0 Å². The van der Waals surface area contributed by atoms with Gasteiger partial charge in [-0.25, -0.2) is 0 Å². The van der Waals surface area contributed by atoms with Crippen molar-refractivity contribution in [3.05, 3.63) is 22.4 Å². The van der Waals surface area contributed by atoms with E-state index in [9.17, 15) is 4.79 Å². The van der Waals surface area contributed by atoms with E-state index in [0.29, 0.717) is 5.92 Å². The van der Waals surface area contributed by atoms with Crippen molar-refractivity contribution < 1.29 is 4.79 Å². The monoisotopic (exact) mass is 312 g/mol. The lowest BCUT2D eigenvalue weighted by Gasteiger charge is -2.32. The molecule has 0 aromatic carbocycles. The number of carbonyl (C=O) groups excluding carboxylic acids is 1. The van der Waals surface area contributed by atoms with Gasteiger partial charge in [0, 0.05) is 22.8 Å². The lowest BCUT2D eigenvalue weighted by molar-refractivity contribution is 0.0898. The first-order chi connectivity index (χ1) is 8.49. The molecule has 100 valence electrons. The van der Waals surface area contributed by atoms with Crippen LogP contribution in [0.25, 0.3) is 0 Å². The van der Waals surface area contributed by atoms with Crippen molar-refractivity contribution in [2.24, 2.45) is 5.92 Å². The molecule has 1 aromatic rings. The molecule has 18 heavy (non-hydrogen) atoms. The minimum atomic E-state index is 0.0359. The van der Waals surface area contributed by atoms with E-state index < -0.39 is 0 Å². The van der Waals surface area contributed by atoms with Gasteiger partial charge in [-0.2, -0.15) is 0 Å². The number of nitrogens with zero attached hydrogens (tertiary/aromatic N) is 1. The number of aromatic nitrogens is 1. The molecule has 1 saturated carbocycles. The summed E-state index contributed by atoms with van der Waals surface area (Å²) in [6, 6.07) is 2.46. The van der Waals surface area contributed by atoms with E-state index in [0.717, 1.165) is 10.2 Å². The molecule has 1 unspecified atom stereocenters. The lowest BCUT2D eigenvalue weighted by Crippen LogP contribution is -2.41. The minimum absolute atomic E-state index is 0.0359. The van der Waals surface area contributed by atoms with Crippen LogP contribution in [0.1, 0.15) is 56.6 Å². The van der Waals surface area contributed by atoms with Crippen molar-refractivity contribution >= 4 is 21.8 Å². The fourth-order valence-corrected chi connectivity index (χ4v) is 2.83. The third-order valence-electron chi connectivity index (χ3n) is 3.82. The maximum Gasteiger partial charge on any atom is 0.268 e. The van der Waals surface area contributed by atoms with Gasteiger partial charge >= 0.3 is 0 Å². The summed E-state index contributed by atoms with van der Waals surface area (Å²) in [6.45, 7) is 6.27. The maximum atomic E-state index is 12.3. The number of carbonyl (C=O) groups is 1. The zero-order valence-corrected chi connectivity index (χ0v) is 12.8. The number of rotatable bonds is 4. The van der Waals surface area contributed by atoms with Crippen molar-refractivity contribution in [1.82, 2.24) is 9.88 Å². The number of nitrogens with one attached hydrogen (secondary N) is 1. The van der Waals surface area contributed by atoms with E-state index in [4.69, 9.17) is 0 Å². The summed E-state index contributed by atoms with van der Waals surface area (Å²) in [5, 5.41) is 3.13. The molecule has 3 nitrogen and oxygen atoms in total. The van der Waals surface area contributed by atoms with Crippen molar-refractivity contribution in [3.8, 4) is 0 Å². The van der Waals surface area contributed by atoms with Gasteiger partial charge in [0.2, 0.25) is 0 Å². The second-order valence-electron chi connectivity index (χ2n) is 5.50. The first-order valence-corrected chi connectivity index (χ1v) is 7.46. The van der Waals surface area contributed by atoms with Gasteiger partial charge in [-0.1, -0.05) is 6.42 Å². The van der Waals surface area contributed by atoms with Gasteiger partial charge in [-0.3, -0.25) is 4.79 Å². The Kier molecular flexibility index (Phi) is 4.15. The molecule has 4 heteroatoms. The third-order valence-corrected chi connectivity index (χ3v) is 4.25. The van der Waals surface area contributed by atoms with Crippen LogP contribution in [0.2, 0.25) is 0 Å². The SMILES string of the molecule is CC(NC(=O)c1cc(Br)cn1C(C)C)C1CCC1. The number of hydrogen-bond acceptors (Lipinski definition) is 1. The van der Waals surface area contributed by atoms with Crippen LogP contribution in [0.4, 0.5) is 0 Å². The molecule has 1 aliphatic carbocycles. The molecule has 0 aliphatic heterocycles. The highest BCUT2D eigenvalue weighted by atomic mass is 79.9. The highest BCUT2D eigenvalue weighted by molar-refractivity contribution is 9.10. The van der Waals surface area contributed by atoms with Gasteiger partial charge in [-0.05, 0) is 61.5 Å².